The summed E-state index contributed by atoms with van der Waals surface area (Å²) in [5.41, 5.74) is 0.681. The number of ether oxygens (including phenoxy) is 1. The van der Waals surface area contributed by atoms with Gasteiger partial charge in [-0.1, -0.05) is 24.6 Å². The van der Waals surface area contributed by atoms with Crippen LogP contribution in [0.5, 0.6) is 0 Å². The van der Waals surface area contributed by atoms with Crippen LogP contribution in [0.15, 0.2) is 24.3 Å². The van der Waals surface area contributed by atoms with Gasteiger partial charge in [0.15, 0.2) is 0 Å². The first-order chi connectivity index (χ1) is 7.59. The number of carbonyl (C=O) groups excluding carboxylic acids is 1. The van der Waals surface area contributed by atoms with E-state index in [-0.39, 0.29) is 5.97 Å². The van der Waals surface area contributed by atoms with Gasteiger partial charge in [-0.2, -0.15) is 0 Å². The molecule has 0 saturated heterocycles. The van der Waals surface area contributed by atoms with Gasteiger partial charge >= 0.3 is 5.97 Å². The standard InChI is InChI=1S/C14H22O2/c1-5-10-14(13(15)16-6-2)11(3)8-7-9-12(14)4/h5,8,12H,1,6-7,9-10H2,2-4H3/t12-,14+/m0/s1. The van der Waals surface area contributed by atoms with E-state index in [1.54, 1.807) is 0 Å². The molecule has 16 heavy (non-hydrogen) atoms. The van der Waals surface area contributed by atoms with E-state index in [1.807, 2.05) is 19.9 Å². The number of allylic oxidation sites excluding steroid dienone is 2. The van der Waals surface area contributed by atoms with E-state index in [0.29, 0.717) is 18.9 Å². The van der Waals surface area contributed by atoms with Crippen molar-refractivity contribution in [1.29, 1.82) is 0 Å². The second-order valence-corrected chi connectivity index (χ2v) is 4.55. The van der Waals surface area contributed by atoms with Gasteiger partial charge in [0.1, 0.15) is 0 Å². The summed E-state index contributed by atoms with van der Waals surface area (Å²) in [7, 11) is 0. The Kier molecular flexibility index (Phi) is 4.34. The Bertz CT molecular complexity index is 304. The third-order valence-electron chi connectivity index (χ3n) is 3.70. The molecule has 0 heterocycles. The van der Waals surface area contributed by atoms with Crippen LogP contribution in [0, 0.1) is 11.3 Å². The smallest absolute Gasteiger partial charge is 0.316 e. The summed E-state index contributed by atoms with van der Waals surface area (Å²) in [6.45, 7) is 10.2. The van der Waals surface area contributed by atoms with Crippen LogP contribution >= 0.6 is 0 Å². The molecular weight excluding hydrogens is 200 g/mol. The molecule has 1 rings (SSSR count). The molecule has 0 unspecified atom stereocenters. The topological polar surface area (TPSA) is 26.3 Å². The molecule has 0 aromatic rings. The molecule has 0 amide bonds. The van der Waals surface area contributed by atoms with Crippen molar-refractivity contribution in [3.05, 3.63) is 24.3 Å². The highest BCUT2D eigenvalue weighted by atomic mass is 16.5. The van der Waals surface area contributed by atoms with Gasteiger partial charge in [-0.15, -0.1) is 6.58 Å². The predicted octanol–water partition coefficient (Wildman–Crippen LogP) is 3.49. The van der Waals surface area contributed by atoms with Crippen molar-refractivity contribution in [3.8, 4) is 0 Å². The first kappa shape index (κ1) is 13.0. The summed E-state index contributed by atoms with van der Waals surface area (Å²) in [4.78, 5) is 12.2. The highest BCUT2D eigenvalue weighted by molar-refractivity contribution is 5.81. The molecule has 0 aromatic carbocycles. The maximum absolute atomic E-state index is 12.2. The van der Waals surface area contributed by atoms with E-state index in [2.05, 4.69) is 19.6 Å². The van der Waals surface area contributed by atoms with E-state index >= 15 is 0 Å². The maximum atomic E-state index is 12.2. The second kappa shape index (κ2) is 5.33. The van der Waals surface area contributed by atoms with Crippen LogP contribution in [0.4, 0.5) is 0 Å². The van der Waals surface area contributed by atoms with Crippen LogP contribution in [0.2, 0.25) is 0 Å². The lowest BCUT2D eigenvalue weighted by Crippen LogP contribution is -2.41. The molecule has 0 aromatic heterocycles. The van der Waals surface area contributed by atoms with Crippen LogP contribution in [0.1, 0.15) is 40.0 Å². The van der Waals surface area contributed by atoms with Crippen molar-refractivity contribution in [2.45, 2.75) is 40.0 Å². The van der Waals surface area contributed by atoms with Gasteiger partial charge in [0.2, 0.25) is 0 Å². The highest BCUT2D eigenvalue weighted by Gasteiger charge is 2.46. The monoisotopic (exact) mass is 222 g/mol. The zero-order valence-electron chi connectivity index (χ0n) is 10.6. The summed E-state index contributed by atoms with van der Waals surface area (Å²) >= 11 is 0. The molecule has 0 spiro atoms. The SMILES string of the molecule is C=CC[C@@]1(C(=O)OCC)C(C)=CCC[C@@H]1C. The maximum Gasteiger partial charge on any atom is 0.316 e. The minimum atomic E-state index is -0.462. The van der Waals surface area contributed by atoms with Crippen molar-refractivity contribution >= 4 is 5.97 Å². The summed E-state index contributed by atoms with van der Waals surface area (Å²) in [5, 5.41) is 0. The molecule has 90 valence electrons. The normalized spacial score (nSPS) is 29.4. The zero-order chi connectivity index (χ0) is 12.2. The molecule has 0 N–H and O–H groups in total. The molecule has 2 atom stereocenters. The fourth-order valence-electron chi connectivity index (χ4n) is 2.66. The van der Waals surface area contributed by atoms with E-state index in [1.165, 1.54) is 0 Å². The van der Waals surface area contributed by atoms with Crippen LogP contribution < -0.4 is 0 Å². The molecule has 2 heteroatoms. The lowest BCUT2D eigenvalue weighted by molar-refractivity contribution is -0.156. The molecule has 0 saturated carbocycles. The Morgan fingerprint density at radius 2 is 2.44 bits per heavy atom. The third kappa shape index (κ3) is 2.06. The minimum Gasteiger partial charge on any atom is -0.465 e. The molecule has 0 radical (unpaired) electrons. The van der Waals surface area contributed by atoms with Gasteiger partial charge < -0.3 is 4.74 Å². The summed E-state index contributed by atoms with van der Waals surface area (Å²) in [6, 6.07) is 0. The van der Waals surface area contributed by atoms with Gasteiger partial charge in [0.25, 0.3) is 0 Å². The van der Waals surface area contributed by atoms with Crippen LogP contribution in [-0.4, -0.2) is 12.6 Å². The number of hydrogen-bond acceptors (Lipinski definition) is 2. The molecule has 1 aliphatic rings. The van der Waals surface area contributed by atoms with Crippen molar-refractivity contribution in [2.75, 3.05) is 6.61 Å². The Morgan fingerprint density at radius 1 is 1.75 bits per heavy atom. The Morgan fingerprint density at radius 3 is 2.94 bits per heavy atom. The first-order valence-corrected chi connectivity index (χ1v) is 6.05. The summed E-state index contributed by atoms with van der Waals surface area (Å²) in [5.74, 6) is 0.241. The number of hydrogen-bond donors (Lipinski definition) is 0. The molecule has 0 aliphatic heterocycles. The minimum absolute atomic E-state index is 0.0872. The fourth-order valence-corrected chi connectivity index (χ4v) is 2.66. The fraction of sp³-hybridized carbons (Fsp3) is 0.643. The second-order valence-electron chi connectivity index (χ2n) is 4.55. The average molecular weight is 222 g/mol. The largest absolute Gasteiger partial charge is 0.465 e. The van der Waals surface area contributed by atoms with Crippen molar-refractivity contribution in [3.63, 3.8) is 0 Å². The van der Waals surface area contributed by atoms with Gasteiger partial charge in [0, 0.05) is 0 Å². The number of carbonyl (C=O) groups is 1. The third-order valence-corrected chi connectivity index (χ3v) is 3.70. The highest BCUT2D eigenvalue weighted by Crippen LogP contribution is 2.46. The number of esters is 1. The Labute approximate surface area is 98.4 Å². The van der Waals surface area contributed by atoms with Gasteiger partial charge in [-0.05, 0) is 39.0 Å². The van der Waals surface area contributed by atoms with Crippen LogP contribution in [0.3, 0.4) is 0 Å². The molecule has 0 bridgehead atoms. The average Bonchev–Trinajstić information content (AvgIpc) is 2.24. The van der Waals surface area contributed by atoms with E-state index < -0.39 is 5.41 Å². The first-order valence-electron chi connectivity index (χ1n) is 6.05. The molecule has 1 aliphatic carbocycles. The van der Waals surface area contributed by atoms with E-state index in [9.17, 15) is 4.79 Å². The van der Waals surface area contributed by atoms with E-state index in [0.717, 1.165) is 18.4 Å². The zero-order valence-corrected chi connectivity index (χ0v) is 10.6. The molecule has 0 fully saturated rings. The molecule has 2 nitrogen and oxygen atoms in total. The Balaban J connectivity index is 3.10. The lowest BCUT2D eigenvalue weighted by Gasteiger charge is -2.40. The van der Waals surface area contributed by atoms with Gasteiger partial charge in [-0.3, -0.25) is 4.79 Å². The summed E-state index contributed by atoms with van der Waals surface area (Å²) in [6.07, 6.45) is 6.78. The lowest BCUT2D eigenvalue weighted by atomic mass is 9.64. The predicted molar refractivity (Wildman–Crippen MR) is 66.0 cm³/mol. The molecular formula is C14H22O2. The summed E-state index contributed by atoms with van der Waals surface area (Å²) < 4.78 is 5.25. The number of rotatable bonds is 4. The van der Waals surface area contributed by atoms with Crippen molar-refractivity contribution < 1.29 is 9.53 Å². The van der Waals surface area contributed by atoms with Gasteiger partial charge in [-0.25, -0.2) is 0 Å². The van der Waals surface area contributed by atoms with Crippen molar-refractivity contribution in [1.82, 2.24) is 0 Å². The quantitative estimate of drug-likeness (QED) is 0.537. The van der Waals surface area contributed by atoms with Crippen LogP contribution in [0.25, 0.3) is 0 Å². The van der Waals surface area contributed by atoms with E-state index in [4.69, 9.17) is 4.74 Å². The van der Waals surface area contributed by atoms with Gasteiger partial charge in [0.05, 0.1) is 12.0 Å². The van der Waals surface area contributed by atoms with Crippen LogP contribution in [-0.2, 0) is 9.53 Å². The Hall–Kier alpha value is -1.05. The van der Waals surface area contributed by atoms with Crippen molar-refractivity contribution in [2.24, 2.45) is 11.3 Å².